The van der Waals surface area contributed by atoms with E-state index in [2.05, 4.69) is 36.6 Å². The molecular weight excluding hydrogens is 184 g/mol. The van der Waals surface area contributed by atoms with E-state index in [0.29, 0.717) is 5.92 Å². The minimum Gasteiger partial charge on any atom is -0.303 e. The second-order valence-corrected chi connectivity index (χ2v) is 4.67. The number of aryl methyl sites for hydroxylation is 2. The summed E-state index contributed by atoms with van der Waals surface area (Å²) in [7, 11) is 0. The molecule has 2 aromatic rings. The quantitative estimate of drug-likeness (QED) is 0.638. The van der Waals surface area contributed by atoms with Crippen LogP contribution in [0.5, 0.6) is 0 Å². The van der Waals surface area contributed by atoms with E-state index in [4.69, 9.17) is 4.98 Å². The summed E-state index contributed by atoms with van der Waals surface area (Å²) < 4.78 is 2.29. The Morgan fingerprint density at radius 3 is 3.13 bits per heavy atom. The Bertz CT molecular complexity index is 510. The van der Waals surface area contributed by atoms with Gasteiger partial charge in [-0.05, 0) is 43.7 Å². The van der Waals surface area contributed by atoms with E-state index in [1.54, 1.807) is 0 Å². The summed E-state index contributed by atoms with van der Waals surface area (Å²) in [4.78, 5) is 4.71. The number of hydrogen-bond donors (Lipinski definition) is 0. The van der Waals surface area contributed by atoms with E-state index in [1.165, 1.54) is 29.8 Å². The fourth-order valence-corrected chi connectivity index (χ4v) is 2.64. The summed E-state index contributed by atoms with van der Waals surface area (Å²) in [5, 5.41) is 0. The van der Waals surface area contributed by atoms with E-state index < -0.39 is 0 Å². The molecule has 0 amide bonds. The van der Waals surface area contributed by atoms with Crippen molar-refractivity contribution in [1.82, 2.24) is 9.38 Å². The molecule has 78 valence electrons. The van der Waals surface area contributed by atoms with Gasteiger partial charge >= 0.3 is 0 Å². The van der Waals surface area contributed by atoms with Crippen molar-refractivity contribution in [2.75, 3.05) is 0 Å². The predicted molar refractivity (Wildman–Crippen MR) is 61.3 cm³/mol. The highest BCUT2D eigenvalue weighted by atomic mass is 15.0. The van der Waals surface area contributed by atoms with Crippen LogP contribution in [0.4, 0.5) is 0 Å². The van der Waals surface area contributed by atoms with E-state index >= 15 is 0 Å². The highest BCUT2D eigenvalue weighted by Gasteiger charge is 2.21. The molecule has 15 heavy (non-hydrogen) atoms. The monoisotopic (exact) mass is 200 g/mol. The van der Waals surface area contributed by atoms with E-state index in [-0.39, 0.29) is 0 Å². The number of imidazole rings is 1. The van der Waals surface area contributed by atoms with Gasteiger partial charge in [-0.2, -0.15) is 0 Å². The molecule has 0 saturated carbocycles. The summed E-state index contributed by atoms with van der Waals surface area (Å²) in [6.45, 7) is 4.45. The first-order chi connectivity index (χ1) is 7.25. The third-order valence-electron chi connectivity index (χ3n) is 3.40. The maximum absolute atomic E-state index is 4.71. The molecule has 1 aliphatic rings. The van der Waals surface area contributed by atoms with Crippen LogP contribution in [0.25, 0.3) is 5.65 Å². The van der Waals surface area contributed by atoms with Gasteiger partial charge in [0.1, 0.15) is 5.65 Å². The van der Waals surface area contributed by atoms with Crippen molar-refractivity contribution in [2.24, 2.45) is 0 Å². The Hall–Kier alpha value is -1.31. The molecule has 1 aliphatic carbocycles. The molecule has 3 rings (SSSR count). The second kappa shape index (κ2) is 3.09. The van der Waals surface area contributed by atoms with Gasteiger partial charge in [0.25, 0.3) is 0 Å². The molecule has 2 aromatic heterocycles. The average molecular weight is 200 g/mol. The van der Waals surface area contributed by atoms with Crippen LogP contribution >= 0.6 is 0 Å². The van der Waals surface area contributed by atoms with Crippen LogP contribution in [0.3, 0.4) is 0 Å². The molecule has 0 radical (unpaired) electrons. The van der Waals surface area contributed by atoms with Crippen molar-refractivity contribution in [3.63, 3.8) is 0 Å². The largest absolute Gasteiger partial charge is 0.303 e. The van der Waals surface area contributed by atoms with E-state index in [0.717, 1.165) is 12.1 Å². The molecule has 1 unspecified atom stereocenters. The molecular formula is C13H16N2. The van der Waals surface area contributed by atoms with E-state index in [9.17, 15) is 0 Å². The SMILES string of the molecule is Cc1ccc2nc3c(n2c1)C(C)CCC3. The molecule has 0 N–H and O–H groups in total. The van der Waals surface area contributed by atoms with Crippen molar-refractivity contribution < 1.29 is 0 Å². The van der Waals surface area contributed by atoms with Crippen molar-refractivity contribution in [3.05, 3.63) is 35.3 Å². The fraction of sp³-hybridized carbons (Fsp3) is 0.462. The third kappa shape index (κ3) is 1.28. The third-order valence-corrected chi connectivity index (χ3v) is 3.40. The standard InChI is InChI=1S/C13H16N2/c1-9-6-7-12-14-11-5-3-4-10(2)13(11)15(12)8-9/h6-8,10H,3-5H2,1-2H3. The van der Waals surface area contributed by atoms with Crippen LogP contribution < -0.4 is 0 Å². The summed E-state index contributed by atoms with van der Waals surface area (Å²) >= 11 is 0. The number of hydrogen-bond acceptors (Lipinski definition) is 1. The molecule has 0 aliphatic heterocycles. The smallest absolute Gasteiger partial charge is 0.137 e. The molecule has 1 atom stereocenters. The van der Waals surface area contributed by atoms with Crippen LogP contribution in [-0.4, -0.2) is 9.38 Å². The van der Waals surface area contributed by atoms with Gasteiger partial charge in [0.15, 0.2) is 0 Å². The van der Waals surface area contributed by atoms with Crippen LogP contribution in [-0.2, 0) is 6.42 Å². The van der Waals surface area contributed by atoms with Gasteiger partial charge < -0.3 is 4.40 Å². The number of fused-ring (bicyclic) bond motifs is 3. The molecule has 0 bridgehead atoms. The lowest BCUT2D eigenvalue weighted by molar-refractivity contribution is 0.567. The topological polar surface area (TPSA) is 17.3 Å². The van der Waals surface area contributed by atoms with Crippen LogP contribution in [0.1, 0.15) is 42.6 Å². The van der Waals surface area contributed by atoms with Gasteiger partial charge in [0.2, 0.25) is 0 Å². The van der Waals surface area contributed by atoms with Crippen molar-refractivity contribution in [3.8, 4) is 0 Å². The van der Waals surface area contributed by atoms with Crippen LogP contribution in [0, 0.1) is 6.92 Å². The Morgan fingerprint density at radius 2 is 2.27 bits per heavy atom. The number of pyridine rings is 1. The van der Waals surface area contributed by atoms with E-state index in [1.807, 2.05) is 0 Å². The predicted octanol–water partition coefficient (Wildman–Crippen LogP) is 3.08. The fourth-order valence-electron chi connectivity index (χ4n) is 2.64. The highest BCUT2D eigenvalue weighted by molar-refractivity contribution is 5.46. The summed E-state index contributed by atoms with van der Waals surface area (Å²) in [5.41, 5.74) is 5.18. The lowest BCUT2D eigenvalue weighted by Gasteiger charge is -2.18. The molecule has 0 aromatic carbocycles. The zero-order chi connectivity index (χ0) is 10.4. The minimum atomic E-state index is 0.658. The lowest BCUT2D eigenvalue weighted by atomic mass is 9.91. The van der Waals surface area contributed by atoms with Crippen molar-refractivity contribution in [1.29, 1.82) is 0 Å². The Labute approximate surface area is 90.0 Å². The first-order valence-corrected chi connectivity index (χ1v) is 5.73. The van der Waals surface area contributed by atoms with Crippen molar-refractivity contribution in [2.45, 2.75) is 39.0 Å². The zero-order valence-electron chi connectivity index (χ0n) is 9.33. The first kappa shape index (κ1) is 8.96. The number of nitrogens with zero attached hydrogens (tertiary/aromatic N) is 2. The average Bonchev–Trinajstić information content (AvgIpc) is 2.57. The molecule has 0 fully saturated rings. The van der Waals surface area contributed by atoms with Gasteiger partial charge in [0.05, 0.1) is 5.69 Å². The zero-order valence-corrected chi connectivity index (χ0v) is 9.33. The Kier molecular flexibility index (Phi) is 1.84. The number of rotatable bonds is 0. The Balaban J connectivity index is 2.33. The molecule has 0 saturated heterocycles. The molecule has 2 heteroatoms. The van der Waals surface area contributed by atoms with Crippen LogP contribution in [0.2, 0.25) is 0 Å². The maximum atomic E-state index is 4.71. The van der Waals surface area contributed by atoms with Crippen LogP contribution in [0.15, 0.2) is 18.3 Å². The maximum Gasteiger partial charge on any atom is 0.137 e. The minimum absolute atomic E-state index is 0.658. The van der Waals surface area contributed by atoms with Gasteiger partial charge in [0, 0.05) is 11.9 Å². The lowest BCUT2D eigenvalue weighted by Crippen LogP contribution is -2.08. The summed E-state index contributed by atoms with van der Waals surface area (Å²) in [5.74, 6) is 0.658. The molecule has 2 heterocycles. The summed E-state index contributed by atoms with van der Waals surface area (Å²) in [6.07, 6.45) is 5.95. The van der Waals surface area contributed by atoms with Gasteiger partial charge in [-0.1, -0.05) is 13.0 Å². The second-order valence-electron chi connectivity index (χ2n) is 4.67. The van der Waals surface area contributed by atoms with Gasteiger partial charge in [-0.3, -0.25) is 0 Å². The van der Waals surface area contributed by atoms with Crippen molar-refractivity contribution >= 4 is 5.65 Å². The molecule has 2 nitrogen and oxygen atoms in total. The van der Waals surface area contributed by atoms with Gasteiger partial charge in [-0.15, -0.1) is 0 Å². The van der Waals surface area contributed by atoms with Gasteiger partial charge in [-0.25, -0.2) is 4.98 Å². The summed E-state index contributed by atoms with van der Waals surface area (Å²) in [6, 6.07) is 4.26. The highest BCUT2D eigenvalue weighted by Crippen LogP contribution is 2.31. The Morgan fingerprint density at radius 1 is 1.40 bits per heavy atom. The first-order valence-electron chi connectivity index (χ1n) is 5.73. The number of aromatic nitrogens is 2. The molecule has 0 spiro atoms. The normalized spacial score (nSPS) is 20.5.